The van der Waals surface area contributed by atoms with E-state index in [0.717, 1.165) is 16.5 Å². The second kappa shape index (κ2) is 5.68. The second-order valence-electron chi connectivity index (χ2n) is 4.01. The van der Waals surface area contributed by atoms with Crippen molar-refractivity contribution in [3.8, 4) is 0 Å². The molecule has 0 unspecified atom stereocenters. The number of halogens is 2. The minimum Gasteiger partial charge on any atom is -0.289 e. The van der Waals surface area contributed by atoms with Gasteiger partial charge in [-0.2, -0.15) is 0 Å². The molecule has 0 fully saturated rings. The first-order valence-electron chi connectivity index (χ1n) is 5.70. The Balaban J connectivity index is 2.38. The fraction of sp³-hybridized carbons (Fsp3) is 0.133. The van der Waals surface area contributed by atoms with Gasteiger partial charge in [-0.15, -0.1) is 0 Å². The van der Waals surface area contributed by atoms with Crippen molar-refractivity contribution in [3.63, 3.8) is 0 Å². The maximum absolute atomic E-state index is 12.3. The molecule has 2 aromatic rings. The van der Waals surface area contributed by atoms with Crippen molar-refractivity contribution in [1.82, 2.24) is 0 Å². The number of ketones is 1. The summed E-state index contributed by atoms with van der Waals surface area (Å²) in [4.78, 5) is 12.3. The molecule has 0 aliphatic carbocycles. The van der Waals surface area contributed by atoms with E-state index in [9.17, 15) is 4.79 Å². The minimum atomic E-state index is -0.000278. The smallest absolute Gasteiger partial charge is 0.193 e. The van der Waals surface area contributed by atoms with Gasteiger partial charge in [0.2, 0.25) is 0 Å². The van der Waals surface area contributed by atoms with Gasteiger partial charge in [0, 0.05) is 15.6 Å². The minimum absolute atomic E-state index is 0.000278. The molecule has 92 valence electrons. The first-order valence-corrected chi connectivity index (χ1v) is 6.87. The van der Waals surface area contributed by atoms with Gasteiger partial charge in [-0.3, -0.25) is 4.79 Å². The van der Waals surface area contributed by atoms with Crippen molar-refractivity contribution in [2.24, 2.45) is 0 Å². The lowest BCUT2D eigenvalue weighted by Crippen LogP contribution is -2.01. The van der Waals surface area contributed by atoms with Crippen LogP contribution >= 0.6 is 27.5 Å². The van der Waals surface area contributed by atoms with Crippen LogP contribution in [-0.4, -0.2) is 5.78 Å². The normalized spacial score (nSPS) is 10.4. The molecule has 1 nitrogen and oxygen atoms in total. The zero-order valence-corrected chi connectivity index (χ0v) is 12.3. The molecule has 0 saturated carbocycles. The third-order valence-corrected chi connectivity index (χ3v) is 4.01. The maximum atomic E-state index is 12.3. The van der Waals surface area contributed by atoms with Gasteiger partial charge in [0.15, 0.2) is 5.78 Å². The Morgan fingerprint density at radius 2 is 1.89 bits per heavy atom. The monoisotopic (exact) mass is 322 g/mol. The summed E-state index contributed by atoms with van der Waals surface area (Å²) >= 11 is 9.32. The van der Waals surface area contributed by atoms with Crippen LogP contribution in [0.5, 0.6) is 0 Å². The number of carbonyl (C=O) groups excluding carboxylic acids is 1. The number of benzene rings is 2. The number of hydrogen-bond acceptors (Lipinski definition) is 1. The van der Waals surface area contributed by atoms with Gasteiger partial charge in [-0.1, -0.05) is 36.7 Å². The Morgan fingerprint density at radius 3 is 2.56 bits per heavy atom. The van der Waals surface area contributed by atoms with E-state index in [0.29, 0.717) is 16.1 Å². The van der Waals surface area contributed by atoms with Gasteiger partial charge in [0.05, 0.1) is 5.02 Å². The fourth-order valence-electron chi connectivity index (χ4n) is 1.74. The van der Waals surface area contributed by atoms with E-state index >= 15 is 0 Å². The Hall–Kier alpha value is -1.12. The number of carbonyl (C=O) groups is 1. The van der Waals surface area contributed by atoms with Gasteiger partial charge in [-0.05, 0) is 52.2 Å². The second-order valence-corrected chi connectivity index (χ2v) is 5.27. The predicted molar refractivity (Wildman–Crippen MR) is 78.4 cm³/mol. The number of aryl methyl sites for hydroxylation is 1. The zero-order chi connectivity index (χ0) is 13.1. The van der Waals surface area contributed by atoms with Crippen molar-refractivity contribution >= 4 is 33.3 Å². The molecule has 0 aliphatic rings. The molecule has 0 aliphatic heterocycles. The Kier molecular flexibility index (Phi) is 4.20. The van der Waals surface area contributed by atoms with E-state index in [1.807, 2.05) is 24.3 Å². The SMILES string of the molecule is CCc1cccc(C(=O)c2ccc(Br)c(Cl)c2)c1. The lowest BCUT2D eigenvalue weighted by molar-refractivity contribution is 0.103. The molecule has 0 bridgehead atoms. The summed E-state index contributed by atoms with van der Waals surface area (Å²) < 4.78 is 0.794. The van der Waals surface area contributed by atoms with Crippen LogP contribution < -0.4 is 0 Å². The molecule has 2 rings (SSSR count). The van der Waals surface area contributed by atoms with Crippen LogP contribution in [0.3, 0.4) is 0 Å². The standard InChI is InChI=1S/C15H12BrClO/c1-2-10-4-3-5-11(8-10)15(18)12-6-7-13(16)14(17)9-12/h3-9H,2H2,1H3. The van der Waals surface area contributed by atoms with Crippen molar-refractivity contribution in [3.05, 3.63) is 68.7 Å². The molecule has 18 heavy (non-hydrogen) atoms. The van der Waals surface area contributed by atoms with E-state index in [2.05, 4.69) is 22.9 Å². The quantitative estimate of drug-likeness (QED) is 0.735. The lowest BCUT2D eigenvalue weighted by atomic mass is 10.0. The van der Waals surface area contributed by atoms with E-state index in [1.54, 1.807) is 18.2 Å². The van der Waals surface area contributed by atoms with Crippen LogP contribution in [0.4, 0.5) is 0 Å². The molecule has 0 radical (unpaired) electrons. The first kappa shape index (κ1) is 13.3. The third-order valence-electron chi connectivity index (χ3n) is 2.78. The van der Waals surface area contributed by atoms with Crippen LogP contribution in [0.1, 0.15) is 28.4 Å². The summed E-state index contributed by atoms with van der Waals surface area (Å²) in [5.74, 6) is -0.000278. The number of hydrogen-bond donors (Lipinski definition) is 0. The van der Waals surface area contributed by atoms with Gasteiger partial charge < -0.3 is 0 Å². The predicted octanol–water partition coefficient (Wildman–Crippen LogP) is 4.90. The summed E-state index contributed by atoms with van der Waals surface area (Å²) in [6.45, 7) is 2.07. The molecule has 2 aromatic carbocycles. The first-order chi connectivity index (χ1) is 8.61. The molecule has 0 heterocycles. The zero-order valence-electron chi connectivity index (χ0n) is 9.91. The summed E-state index contributed by atoms with van der Waals surface area (Å²) in [5.41, 5.74) is 2.47. The molecule has 0 N–H and O–H groups in total. The molecule has 0 spiro atoms. The van der Waals surface area contributed by atoms with Gasteiger partial charge in [0.1, 0.15) is 0 Å². The summed E-state index contributed by atoms with van der Waals surface area (Å²) in [6, 6.07) is 12.9. The van der Waals surface area contributed by atoms with E-state index in [-0.39, 0.29) is 5.78 Å². The summed E-state index contributed by atoms with van der Waals surface area (Å²) in [5, 5.41) is 0.549. The molecule has 0 saturated heterocycles. The highest BCUT2D eigenvalue weighted by molar-refractivity contribution is 9.10. The van der Waals surface area contributed by atoms with Crippen LogP contribution in [0, 0.1) is 0 Å². The molecular formula is C15H12BrClO. The van der Waals surface area contributed by atoms with Gasteiger partial charge >= 0.3 is 0 Å². The summed E-state index contributed by atoms with van der Waals surface area (Å²) in [7, 11) is 0. The van der Waals surface area contributed by atoms with Crippen molar-refractivity contribution in [2.45, 2.75) is 13.3 Å². The van der Waals surface area contributed by atoms with Crippen LogP contribution in [0.15, 0.2) is 46.9 Å². The van der Waals surface area contributed by atoms with Crippen molar-refractivity contribution in [1.29, 1.82) is 0 Å². The molecule has 0 aromatic heterocycles. The van der Waals surface area contributed by atoms with E-state index in [1.165, 1.54) is 0 Å². The highest BCUT2D eigenvalue weighted by Gasteiger charge is 2.10. The average Bonchev–Trinajstić information content (AvgIpc) is 2.41. The highest BCUT2D eigenvalue weighted by atomic mass is 79.9. The average molecular weight is 324 g/mol. The molecular weight excluding hydrogens is 312 g/mol. The van der Waals surface area contributed by atoms with E-state index < -0.39 is 0 Å². The van der Waals surface area contributed by atoms with Crippen LogP contribution in [0.2, 0.25) is 5.02 Å². The third kappa shape index (κ3) is 2.82. The lowest BCUT2D eigenvalue weighted by Gasteiger charge is -2.04. The Labute approximate surface area is 120 Å². The summed E-state index contributed by atoms with van der Waals surface area (Å²) in [6.07, 6.45) is 0.919. The molecule has 0 atom stereocenters. The maximum Gasteiger partial charge on any atom is 0.193 e. The van der Waals surface area contributed by atoms with Crippen LogP contribution in [0.25, 0.3) is 0 Å². The largest absolute Gasteiger partial charge is 0.289 e. The molecule has 3 heteroatoms. The topological polar surface area (TPSA) is 17.1 Å². The van der Waals surface area contributed by atoms with Crippen molar-refractivity contribution in [2.75, 3.05) is 0 Å². The van der Waals surface area contributed by atoms with Gasteiger partial charge in [0.25, 0.3) is 0 Å². The van der Waals surface area contributed by atoms with Crippen molar-refractivity contribution < 1.29 is 4.79 Å². The fourth-order valence-corrected chi connectivity index (χ4v) is 2.16. The number of rotatable bonds is 3. The van der Waals surface area contributed by atoms with E-state index in [4.69, 9.17) is 11.6 Å². The van der Waals surface area contributed by atoms with Crippen LogP contribution in [-0.2, 0) is 6.42 Å². The molecule has 0 amide bonds. The van der Waals surface area contributed by atoms with Gasteiger partial charge in [-0.25, -0.2) is 0 Å². The highest BCUT2D eigenvalue weighted by Crippen LogP contribution is 2.24. The Morgan fingerprint density at radius 1 is 1.17 bits per heavy atom. The Bertz CT molecular complexity index is 593.